The van der Waals surface area contributed by atoms with Crippen molar-refractivity contribution in [3.05, 3.63) is 0 Å². The highest BCUT2D eigenvalue weighted by Crippen LogP contribution is 2.62. The zero-order valence-electron chi connectivity index (χ0n) is 12.0. The number of rotatable bonds is 3. The fraction of sp³-hybridized carbons (Fsp3) is 0.812. The third kappa shape index (κ3) is 1.92. The van der Waals surface area contributed by atoms with Gasteiger partial charge in [-0.05, 0) is 50.4 Å². The van der Waals surface area contributed by atoms with E-state index in [1.54, 1.807) is 0 Å². The van der Waals surface area contributed by atoms with Gasteiger partial charge in [-0.15, -0.1) is 0 Å². The second-order valence-corrected chi connectivity index (χ2v) is 6.72. The van der Waals surface area contributed by atoms with Crippen LogP contribution in [0.4, 0.5) is 0 Å². The van der Waals surface area contributed by atoms with E-state index < -0.39 is 0 Å². The molecule has 1 spiro atoms. The summed E-state index contributed by atoms with van der Waals surface area (Å²) < 4.78 is 5.25. The smallest absolute Gasteiger partial charge is 0.309 e. The van der Waals surface area contributed by atoms with Crippen molar-refractivity contribution in [1.29, 1.82) is 0 Å². The van der Waals surface area contributed by atoms with Crippen LogP contribution in [0.15, 0.2) is 0 Å². The van der Waals surface area contributed by atoms with E-state index in [0.717, 1.165) is 32.0 Å². The van der Waals surface area contributed by atoms with E-state index in [2.05, 4.69) is 0 Å². The molecule has 0 aliphatic heterocycles. The molecule has 4 nitrogen and oxygen atoms in total. The molecule has 2 bridgehead atoms. The average molecular weight is 278 g/mol. The number of hydrogen-bond acceptors (Lipinski definition) is 4. The summed E-state index contributed by atoms with van der Waals surface area (Å²) in [6, 6.07) is 0. The van der Waals surface area contributed by atoms with Crippen molar-refractivity contribution in [1.82, 2.24) is 0 Å². The van der Waals surface area contributed by atoms with Crippen LogP contribution in [-0.4, -0.2) is 24.6 Å². The van der Waals surface area contributed by atoms with Crippen LogP contribution < -0.4 is 0 Å². The molecule has 4 rings (SSSR count). The summed E-state index contributed by atoms with van der Waals surface area (Å²) >= 11 is 0. The molecule has 0 aromatic heterocycles. The normalized spacial score (nSPS) is 43.0. The Morgan fingerprint density at radius 2 is 2.20 bits per heavy atom. The van der Waals surface area contributed by atoms with Crippen molar-refractivity contribution in [3.63, 3.8) is 0 Å². The highest BCUT2D eigenvalue weighted by atomic mass is 16.5. The average Bonchev–Trinajstić information content (AvgIpc) is 2.45. The lowest BCUT2D eigenvalue weighted by molar-refractivity contribution is -0.175. The molecule has 5 unspecified atom stereocenters. The van der Waals surface area contributed by atoms with Gasteiger partial charge in [-0.2, -0.15) is 0 Å². The third-order valence-electron chi connectivity index (χ3n) is 5.89. The van der Waals surface area contributed by atoms with Gasteiger partial charge in [-0.25, -0.2) is 0 Å². The molecule has 4 saturated carbocycles. The van der Waals surface area contributed by atoms with Crippen LogP contribution in [0.3, 0.4) is 0 Å². The zero-order chi connectivity index (χ0) is 14.3. The maximum atomic E-state index is 12.3. The fourth-order valence-corrected chi connectivity index (χ4v) is 4.91. The first-order valence-electron chi connectivity index (χ1n) is 7.75. The Kier molecular flexibility index (Phi) is 3.43. The first-order chi connectivity index (χ1) is 9.60. The number of fused-ring (bicyclic) bond motifs is 2. The molecule has 0 radical (unpaired) electrons. The lowest BCUT2D eigenvalue weighted by atomic mass is 9.45. The van der Waals surface area contributed by atoms with Gasteiger partial charge in [0.05, 0.1) is 12.5 Å². The summed E-state index contributed by atoms with van der Waals surface area (Å²) in [5, 5.41) is 0. The van der Waals surface area contributed by atoms with Crippen molar-refractivity contribution in [2.75, 3.05) is 6.61 Å². The van der Waals surface area contributed by atoms with E-state index in [4.69, 9.17) is 4.74 Å². The number of ether oxygens (including phenoxy) is 1. The molecular weight excluding hydrogens is 256 g/mol. The Labute approximate surface area is 119 Å². The summed E-state index contributed by atoms with van der Waals surface area (Å²) in [7, 11) is 0. The summed E-state index contributed by atoms with van der Waals surface area (Å²) in [6.07, 6.45) is 5.60. The number of carbonyl (C=O) groups excluding carboxylic acids is 3. The molecule has 4 heteroatoms. The van der Waals surface area contributed by atoms with Crippen LogP contribution in [0.25, 0.3) is 0 Å². The third-order valence-corrected chi connectivity index (χ3v) is 5.89. The first-order valence-corrected chi connectivity index (χ1v) is 7.75. The van der Waals surface area contributed by atoms with Gasteiger partial charge in [0.25, 0.3) is 0 Å². The van der Waals surface area contributed by atoms with Gasteiger partial charge in [0.1, 0.15) is 12.1 Å². The lowest BCUT2D eigenvalue weighted by Crippen LogP contribution is -2.57. The quantitative estimate of drug-likeness (QED) is 0.586. The lowest BCUT2D eigenvalue weighted by Gasteiger charge is -2.58. The predicted octanol–water partition coefficient (Wildman–Crippen LogP) is 2.15. The second-order valence-electron chi connectivity index (χ2n) is 6.72. The monoisotopic (exact) mass is 278 g/mol. The van der Waals surface area contributed by atoms with Gasteiger partial charge in [-0.1, -0.05) is 0 Å². The highest BCUT2D eigenvalue weighted by molar-refractivity contribution is 5.87. The number of esters is 1. The molecule has 4 aliphatic carbocycles. The van der Waals surface area contributed by atoms with Crippen molar-refractivity contribution in [3.8, 4) is 0 Å². The van der Waals surface area contributed by atoms with Crippen LogP contribution in [0.1, 0.15) is 45.4 Å². The topological polar surface area (TPSA) is 60.4 Å². The Morgan fingerprint density at radius 3 is 2.90 bits per heavy atom. The van der Waals surface area contributed by atoms with Crippen molar-refractivity contribution in [2.45, 2.75) is 45.4 Å². The largest absolute Gasteiger partial charge is 0.466 e. The molecule has 0 aromatic carbocycles. The Balaban J connectivity index is 1.89. The summed E-state index contributed by atoms with van der Waals surface area (Å²) in [5.74, 6) is 0.545. The molecule has 5 atom stereocenters. The molecule has 110 valence electrons. The Hall–Kier alpha value is -1.19. The molecule has 0 heterocycles. The Bertz CT molecular complexity index is 442. The minimum Gasteiger partial charge on any atom is -0.466 e. The molecule has 0 N–H and O–H groups in total. The fourth-order valence-electron chi connectivity index (χ4n) is 4.91. The van der Waals surface area contributed by atoms with E-state index in [1.807, 2.05) is 6.92 Å². The van der Waals surface area contributed by atoms with Crippen LogP contribution in [-0.2, 0) is 19.1 Å². The number of ketones is 1. The van der Waals surface area contributed by atoms with Crippen molar-refractivity contribution < 1.29 is 19.1 Å². The van der Waals surface area contributed by atoms with Crippen molar-refractivity contribution in [2.24, 2.45) is 29.1 Å². The van der Waals surface area contributed by atoms with E-state index in [1.165, 1.54) is 0 Å². The molecular formula is C16H22O4. The van der Waals surface area contributed by atoms with Gasteiger partial charge in [0.15, 0.2) is 0 Å². The predicted molar refractivity (Wildman–Crippen MR) is 71.8 cm³/mol. The van der Waals surface area contributed by atoms with E-state index in [0.29, 0.717) is 31.1 Å². The van der Waals surface area contributed by atoms with Gasteiger partial charge >= 0.3 is 5.97 Å². The van der Waals surface area contributed by atoms with Gasteiger partial charge < -0.3 is 9.53 Å². The first kappa shape index (κ1) is 13.8. The minimum absolute atomic E-state index is 0.0154. The Morgan fingerprint density at radius 1 is 1.40 bits per heavy atom. The standard InChI is InChI=1S/C16H22O4/c1-2-20-15(19)13-7-11-6-12-5-10(9-17)3-4-16(12,13)8-14(11)18/h9-13H,2-8H2,1H3. The molecule has 0 aromatic rings. The zero-order valence-corrected chi connectivity index (χ0v) is 12.0. The van der Waals surface area contributed by atoms with Crippen LogP contribution >= 0.6 is 0 Å². The number of carbonyl (C=O) groups is 3. The number of Topliss-reactive ketones (excluding diaryl/α,β-unsaturated/α-hetero) is 1. The molecule has 0 saturated heterocycles. The number of aldehydes is 1. The summed E-state index contributed by atoms with van der Waals surface area (Å²) in [5.41, 5.74) is -0.211. The van der Waals surface area contributed by atoms with Crippen LogP contribution in [0.5, 0.6) is 0 Å². The van der Waals surface area contributed by atoms with Gasteiger partial charge in [0.2, 0.25) is 0 Å². The summed E-state index contributed by atoms with van der Waals surface area (Å²) in [6.45, 7) is 2.22. The molecule has 0 amide bonds. The molecule has 4 fully saturated rings. The van der Waals surface area contributed by atoms with Crippen molar-refractivity contribution >= 4 is 18.0 Å². The van der Waals surface area contributed by atoms with Crippen LogP contribution in [0, 0.1) is 29.1 Å². The molecule has 4 aliphatic rings. The van der Waals surface area contributed by atoms with E-state index in [-0.39, 0.29) is 29.1 Å². The second kappa shape index (κ2) is 4.97. The minimum atomic E-state index is -0.211. The maximum Gasteiger partial charge on any atom is 0.309 e. The number of hydrogen-bond donors (Lipinski definition) is 0. The summed E-state index contributed by atoms with van der Waals surface area (Å²) in [4.78, 5) is 35.5. The van der Waals surface area contributed by atoms with Gasteiger partial charge in [-0.3, -0.25) is 9.59 Å². The highest BCUT2D eigenvalue weighted by Gasteiger charge is 2.60. The van der Waals surface area contributed by atoms with Crippen LogP contribution in [0.2, 0.25) is 0 Å². The SMILES string of the molecule is CCOC(=O)C1CC2CC3CC(C=O)CCC31CC2=O. The maximum absolute atomic E-state index is 12.3. The molecule has 20 heavy (non-hydrogen) atoms. The van der Waals surface area contributed by atoms with Gasteiger partial charge in [0, 0.05) is 18.3 Å². The van der Waals surface area contributed by atoms with E-state index in [9.17, 15) is 14.4 Å². The van der Waals surface area contributed by atoms with E-state index >= 15 is 0 Å².